The average molecular weight is 510 g/mol. The molecule has 0 fully saturated rings. The molecule has 216 valence electrons. The zero-order chi connectivity index (χ0) is 26.6. The number of nitrogens with one attached hydrogen (secondary N) is 1. The molecular formula is C33H69N2O+. The maximum absolute atomic E-state index is 12.0. The number of unbranched alkanes of at least 4 members (excludes halogenated alkanes) is 24. The second kappa shape index (κ2) is 27.5. The van der Waals surface area contributed by atoms with Crippen molar-refractivity contribution in [3.8, 4) is 0 Å². The Balaban J connectivity index is 3.16. The number of amides is 1. The van der Waals surface area contributed by atoms with E-state index in [0.29, 0.717) is 11.0 Å². The van der Waals surface area contributed by atoms with Crippen LogP contribution in [0.4, 0.5) is 0 Å². The SMILES string of the molecule is CCCCCCCCCCCCCCCCCCCCCCCCCCCC(=O)N[N+](C)(C)CCC. The van der Waals surface area contributed by atoms with Crippen LogP contribution in [0.15, 0.2) is 0 Å². The van der Waals surface area contributed by atoms with Crippen molar-refractivity contribution in [3.63, 3.8) is 0 Å². The molecular weight excluding hydrogens is 440 g/mol. The minimum atomic E-state index is 0.211. The Morgan fingerprint density at radius 3 is 1.00 bits per heavy atom. The lowest BCUT2D eigenvalue weighted by molar-refractivity contribution is -0.925. The molecule has 0 unspecified atom stereocenters. The van der Waals surface area contributed by atoms with Crippen molar-refractivity contribution in [1.82, 2.24) is 5.43 Å². The molecule has 1 amide bonds. The Kier molecular flexibility index (Phi) is 27.0. The van der Waals surface area contributed by atoms with Gasteiger partial charge in [-0.3, -0.25) is 4.79 Å². The fourth-order valence-corrected chi connectivity index (χ4v) is 5.43. The van der Waals surface area contributed by atoms with E-state index in [4.69, 9.17) is 0 Å². The number of carbonyl (C=O) groups excluding carboxylic acids is 1. The first-order valence-corrected chi connectivity index (χ1v) is 16.7. The molecule has 1 N–H and O–H groups in total. The van der Waals surface area contributed by atoms with Crippen LogP contribution in [0.3, 0.4) is 0 Å². The van der Waals surface area contributed by atoms with Gasteiger partial charge in [-0.25, -0.2) is 10.0 Å². The number of hydrogen-bond acceptors (Lipinski definition) is 1. The van der Waals surface area contributed by atoms with Gasteiger partial charge in [0.15, 0.2) is 0 Å². The fourth-order valence-electron chi connectivity index (χ4n) is 5.43. The molecule has 0 radical (unpaired) electrons. The van der Waals surface area contributed by atoms with E-state index >= 15 is 0 Å². The Morgan fingerprint density at radius 1 is 0.444 bits per heavy atom. The van der Waals surface area contributed by atoms with Crippen molar-refractivity contribution < 1.29 is 9.39 Å². The van der Waals surface area contributed by atoms with Gasteiger partial charge in [0.25, 0.3) is 5.91 Å². The Hall–Kier alpha value is -0.570. The predicted molar refractivity (Wildman–Crippen MR) is 161 cm³/mol. The van der Waals surface area contributed by atoms with Crippen LogP contribution in [-0.4, -0.2) is 31.1 Å². The largest absolute Gasteiger partial charge is 0.270 e. The van der Waals surface area contributed by atoms with E-state index in [0.717, 1.165) is 19.4 Å². The van der Waals surface area contributed by atoms with Gasteiger partial charge in [-0.05, 0) is 12.8 Å². The summed E-state index contributed by atoms with van der Waals surface area (Å²) in [4.78, 5) is 12.0. The van der Waals surface area contributed by atoms with Crippen LogP contribution in [0.25, 0.3) is 0 Å². The van der Waals surface area contributed by atoms with Crippen LogP contribution in [0, 0.1) is 0 Å². The Labute approximate surface area is 228 Å². The highest BCUT2D eigenvalue weighted by atomic mass is 16.2. The van der Waals surface area contributed by atoms with Gasteiger partial charge in [-0.2, -0.15) is 0 Å². The summed E-state index contributed by atoms with van der Waals surface area (Å²) >= 11 is 0. The molecule has 0 spiro atoms. The third-order valence-electron chi connectivity index (χ3n) is 7.72. The molecule has 0 aromatic heterocycles. The molecule has 3 heteroatoms. The Bertz CT molecular complexity index is 449. The molecule has 0 rings (SSSR count). The van der Waals surface area contributed by atoms with Gasteiger partial charge in [0.2, 0.25) is 0 Å². The van der Waals surface area contributed by atoms with Gasteiger partial charge in [0.1, 0.15) is 6.54 Å². The molecule has 0 aromatic rings. The summed E-state index contributed by atoms with van der Waals surface area (Å²) < 4.78 is 0.606. The summed E-state index contributed by atoms with van der Waals surface area (Å²) in [6, 6.07) is 0. The monoisotopic (exact) mass is 510 g/mol. The van der Waals surface area contributed by atoms with Crippen LogP contribution in [0.2, 0.25) is 0 Å². The van der Waals surface area contributed by atoms with Crippen molar-refractivity contribution in [2.24, 2.45) is 0 Å². The second-order valence-electron chi connectivity index (χ2n) is 12.2. The number of nitrogens with zero attached hydrogens (tertiary/aromatic N) is 1. The van der Waals surface area contributed by atoms with Crippen LogP contribution >= 0.6 is 0 Å². The van der Waals surface area contributed by atoms with Crippen molar-refractivity contribution in [2.45, 2.75) is 187 Å². The third-order valence-corrected chi connectivity index (χ3v) is 7.72. The topological polar surface area (TPSA) is 29.1 Å². The third kappa shape index (κ3) is 28.0. The highest BCUT2D eigenvalue weighted by Crippen LogP contribution is 2.16. The molecule has 0 saturated heterocycles. The van der Waals surface area contributed by atoms with Gasteiger partial charge in [-0.1, -0.05) is 168 Å². The fraction of sp³-hybridized carbons (Fsp3) is 0.970. The van der Waals surface area contributed by atoms with Crippen LogP contribution in [-0.2, 0) is 4.79 Å². The molecule has 0 atom stereocenters. The molecule has 0 aliphatic heterocycles. The summed E-state index contributed by atoms with van der Waals surface area (Å²) in [5, 5.41) is 0. The zero-order valence-corrected chi connectivity index (χ0v) is 25.7. The lowest BCUT2D eigenvalue weighted by Crippen LogP contribution is -2.54. The quantitative estimate of drug-likeness (QED) is 0.0606. The molecule has 0 saturated carbocycles. The van der Waals surface area contributed by atoms with E-state index in [-0.39, 0.29) is 5.91 Å². The van der Waals surface area contributed by atoms with E-state index in [1.54, 1.807) is 0 Å². The van der Waals surface area contributed by atoms with Gasteiger partial charge < -0.3 is 0 Å². The normalized spacial score (nSPS) is 11.8. The van der Waals surface area contributed by atoms with E-state index in [1.807, 2.05) is 0 Å². The standard InChI is InChI=1S/C33H68N2O/c1-5-7-8-9-10-11-12-13-14-15-16-17-18-19-20-21-22-23-24-25-26-27-28-29-30-31-33(36)34-35(3,4)32-6-2/h5-32H2,1-4H3/p+1. The molecule has 0 heterocycles. The Morgan fingerprint density at radius 2 is 0.722 bits per heavy atom. The van der Waals surface area contributed by atoms with E-state index in [1.165, 1.54) is 154 Å². The second-order valence-corrected chi connectivity index (χ2v) is 12.2. The molecule has 0 aliphatic carbocycles. The van der Waals surface area contributed by atoms with Crippen LogP contribution in [0.1, 0.15) is 187 Å². The maximum atomic E-state index is 12.0. The van der Waals surface area contributed by atoms with E-state index in [9.17, 15) is 4.79 Å². The summed E-state index contributed by atoms with van der Waals surface area (Å²) in [5.74, 6) is 0.211. The van der Waals surface area contributed by atoms with Crippen LogP contribution < -0.4 is 5.43 Å². The van der Waals surface area contributed by atoms with Gasteiger partial charge in [-0.15, -0.1) is 0 Å². The minimum Gasteiger partial charge on any atom is -0.270 e. The van der Waals surface area contributed by atoms with Crippen molar-refractivity contribution in [1.29, 1.82) is 0 Å². The van der Waals surface area contributed by atoms with Gasteiger partial charge in [0.05, 0.1) is 14.1 Å². The van der Waals surface area contributed by atoms with E-state index in [2.05, 4.69) is 33.4 Å². The summed E-state index contributed by atoms with van der Waals surface area (Å²) in [7, 11) is 4.14. The van der Waals surface area contributed by atoms with E-state index < -0.39 is 0 Å². The molecule has 0 aromatic carbocycles. The number of quaternary nitrogens is 1. The lowest BCUT2D eigenvalue weighted by atomic mass is 10.0. The molecule has 3 nitrogen and oxygen atoms in total. The highest BCUT2D eigenvalue weighted by molar-refractivity contribution is 5.74. The van der Waals surface area contributed by atoms with Crippen LogP contribution in [0.5, 0.6) is 0 Å². The lowest BCUT2D eigenvalue weighted by Gasteiger charge is -2.28. The summed E-state index contributed by atoms with van der Waals surface area (Å²) in [6.07, 6.45) is 37.1. The van der Waals surface area contributed by atoms with Crippen molar-refractivity contribution in [3.05, 3.63) is 0 Å². The molecule has 0 bridgehead atoms. The van der Waals surface area contributed by atoms with Crippen molar-refractivity contribution >= 4 is 5.91 Å². The summed E-state index contributed by atoms with van der Waals surface area (Å²) in [6.45, 7) is 5.45. The maximum Gasteiger partial charge on any atom is 0.264 e. The number of rotatable bonds is 29. The number of hydrogen-bond donors (Lipinski definition) is 1. The zero-order valence-electron chi connectivity index (χ0n) is 25.7. The average Bonchev–Trinajstić information content (AvgIpc) is 2.83. The first-order chi connectivity index (χ1) is 17.5. The molecule has 0 aliphatic rings. The van der Waals surface area contributed by atoms with Crippen molar-refractivity contribution in [2.75, 3.05) is 20.6 Å². The number of carbonyl (C=O) groups is 1. The molecule has 36 heavy (non-hydrogen) atoms. The highest BCUT2D eigenvalue weighted by Gasteiger charge is 2.16. The first kappa shape index (κ1) is 35.4. The van der Waals surface area contributed by atoms with Gasteiger partial charge in [0, 0.05) is 6.42 Å². The van der Waals surface area contributed by atoms with Gasteiger partial charge >= 0.3 is 0 Å². The predicted octanol–water partition coefficient (Wildman–Crippen LogP) is 10.7. The minimum absolute atomic E-state index is 0.211. The smallest absolute Gasteiger partial charge is 0.264 e. The summed E-state index contributed by atoms with van der Waals surface area (Å²) in [5.41, 5.74) is 3.12. The first-order valence-electron chi connectivity index (χ1n) is 16.7.